The lowest BCUT2D eigenvalue weighted by atomic mass is 10.2. The first kappa shape index (κ1) is 10.7. The van der Waals surface area contributed by atoms with Crippen molar-refractivity contribution in [3.63, 3.8) is 0 Å². The Hall–Kier alpha value is -1.38. The minimum absolute atomic E-state index is 0.179. The Labute approximate surface area is 83.2 Å². The summed E-state index contributed by atoms with van der Waals surface area (Å²) in [6.45, 7) is 2.06. The second-order valence-electron chi connectivity index (χ2n) is 2.64. The predicted octanol–water partition coefficient (Wildman–Crippen LogP) is 0.856. The Kier molecular flexibility index (Phi) is 3.23. The van der Waals surface area contributed by atoms with Gasteiger partial charge in [0.25, 0.3) is 0 Å². The van der Waals surface area contributed by atoms with E-state index >= 15 is 0 Å². The quantitative estimate of drug-likeness (QED) is 0.804. The highest BCUT2D eigenvalue weighted by Gasteiger charge is 2.11. The molecule has 74 valence electrons. The monoisotopic (exact) mass is 210 g/mol. The highest BCUT2D eigenvalue weighted by molar-refractivity contribution is 7.89. The van der Waals surface area contributed by atoms with E-state index in [0.29, 0.717) is 12.1 Å². The number of hydrogen-bond acceptors (Lipinski definition) is 3. The number of sulfonamides is 1. The van der Waals surface area contributed by atoms with Crippen LogP contribution in [-0.4, -0.2) is 15.0 Å². The van der Waals surface area contributed by atoms with Gasteiger partial charge in [-0.05, 0) is 24.3 Å². The van der Waals surface area contributed by atoms with Crippen molar-refractivity contribution < 1.29 is 8.42 Å². The van der Waals surface area contributed by atoms with E-state index in [-0.39, 0.29) is 4.90 Å². The molecule has 0 saturated heterocycles. The zero-order valence-corrected chi connectivity index (χ0v) is 8.50. The van der Waals surface area contributed by atoms with E-state index in [0.717, 1.165) is 0 Å². The van der Waals surface area contributed by atoms with E-state index in [1.54, 1.807) is 6.92 Å². The van der Waals surface area contributed by atoms with Crippen LogP contribution < -0.4 is 4.72 Å². The average Bonchev–Trinajstić information content (AvgIpc) is 2.18. The summed E-state index contributed by atoms with van der Waals surface area (Å²) in [7, 11) is -3.39. The lowest BCUT2D eigenvalue weighted by Gasteiger charge is -2.03. The second kappa shape index (κ2) is 4.22. The summed E-state index contributed by atoms with van der Waals surface area (Å²) in [5, 5.41) is 8.52. The van der Waals surface area contributed by atoms with Gasteiger partial charge in [-0.3, -0.25) is 0 Å². The zero-order valence-electron chi connectivity index (χ0n) is 7.69. The van der Waals surface area contributed by atoms with Gasteiger partial charge in [-0.2, -0.15) is 5.26 Å². The van der Waals surface area contributed by atoms with E-state index in [4.69, 9.17) is 5.26 Å². The highest BCUT2D eigenvalue weighted by Crippen LogP contribution is 2.09. The third-order valence-electron chi connectivity index (χ3n) is 1.63. The molecule has 0 unspecified atom stereocenters. The molecule has 0 aliphatic carbocycles. The van der Waals surface area contributed by atoms with Crippen LogP contribution in [0.2, 0.25) is 0 Å². The van der Waals surface area contributed by atoms with E-state index in [9.17, 15) is 8.42 Å². The molecule has 0 bridgehead atoms. The molecule has 14 heavy (non-hydrogen) atoms. The molecule has 0 atom stereocenters. The lowest BCUT2D eigenvalue weighted by molar-refractivity contribution is 0.584. The second-order valence-corrected chi connectivity index (χ2v) is 4.40. The average molecular weight is 210 g/mol. The molecule has 0 aromatic heterocycles. The number of hydrogen-bond donors (Lipinski definition) is 1. The SMILES string of the molecule is CCNS(=O)(=O)c1ccc(C#N)cc1. The standard InChI is InChI=1S/C9H10N2O2S/c1-2-11-14(12,13)9-5-3-8(7-10)4-6-9/h3-6,11H,2H2,1H3. The summed E-state index contributed by atoms with van der Waals surface area (Å²) in [6, 6.07) is 7.70. The first-order valence-corrected chi connectivity index (χ1v) is 5.58. The van der Waals surface area contributed by atoms with E-state index in [2.05, 4.69) is 4.72 Å². The maximum absolute atomic E-state index is 11.4. The molecule has 5 heteroatoms. The normalized spacial score (nSPS) is 10.9. The predicted molar refractivity (Wildman–Crippen MR) is 52.0 cm³/mol. The fourth-order valence-electron chi connectivity index (χ4n) is 0.982. The van der Waals surface area contributed by atoms with Crippen LogP contribution in [0.4, 0.5) is 0 Å². The van der Waals surface area contributed by atoms with E-state index < -0.39 is 10.0 Å². The molecular formula is C9H10N2O2S. The molecule has 0 radical (unpaired) electrons. The van der Waals surface area contributed by atoms with Crippen LogP contribution >= 0.6 is 0 Å². The summed E-state index contributed by atoms with van der Waals surface area (Å²) >= 11 is 0. The van der Waals surface area contributed by atoms with E-state index in [1.165, 1.54) is 24.3 Å². The van der Waals surface area contributed by atoms with Crippen molar-refractivity contribution in [1.82, 2.24) is 4.72 Å². The van der Waals surface area contributed by atoms with Gasteiger partial charge in [0, 0.05) is 6.54 Å². The summed E-state index contributed by atoms with van der Waals surface area (Å²) in [5.74, 6) is 0. The van der Waals surface area contributed by atoms with Crippen molar-refractivity contribution >= 4 is 10.0 Å². The van der Waals surface area contributed by atoms with Gasteiger partial charge in [-0.25, -0.2) is 13.1 Å². The fraction of sp³-hybridized carbons (Fsp3) is 0.222. The molecular weight excluding hydrogens is 200 g/mol. The van der Waals surface area contributed by atoms with Crippen LogP contribution in [0.1, 0.15) is 12.5 Å². The van der Waals surface area contributed by atoms with Crippen molar-refractivity contribution in [2.75, 3.05) is 6.54 Å². The van der Waals surface area contributed by atoms with Gasteiger partial charge < -0.3 is 0 Å². The van der Waals surface area contributed by atoms with Gasteiger partial charge in [0.1, 0.15) is 0 Å². The largest absolute Gasteiger partial charge is 0.240 e. The topological polar surface area (TPSA) is 70.0 Å². The first-order valence-electron chi connectivity index (χ1n) is 4.10. The van der Waals surface area contributed by atoms with Crippen molar-refractivity contribution in [3.05, 3.63) is 29.8 Å². The van der Waals surface area contributed by atoms with Crippen LogP contribution in [0, 0.1) is 11.3 Å². The molecule has 0 aliphatic rings. The van der Waals surface area contributed by atoms with Crippen molar-refractivity contribution in [3.8, 4) is 6.07 Å². The Morgan fingerprint density at radius 2 is 1.93 bits per heavy atom. The molecule has 1 aromatic carbocycles. The van der Waals surface area contributed by atoms with Crippen LogP contribution in [0.25, 0.3) is 0 Å². The summed E-state index contributed by atoms with van der Waals surface area (Å²) in [6.07, 6.45) is 0. The Morgan fingerprint density at radius 1 is 1.36 bits per heavy atom. The molecule has 0 spiro atoms. The molecule has 0 heterocycles. The van der Waals surface area contributed by atoms with Crippen LogP contribution in [0.3, 0.4) is 0 Å². The Bertz CT molecular complexity index is 443. The van der Waals surface area contributed by atoms with Crippen LogP contribution in [0.5, 0.6) is 0 Å². The molecule has 0 fully saturated rings. The summed E-state index contributed by atoms with van der Waals surface area (Å²) in [4.78, 5) is 0.179. The van der Waals surface area contributed by atoms with Gasteiger partial charge >= 0.3 is 0 Å². The van der Waals surface area contributed by atoms with Gasteiger partial charge in [0.2, 0.25) is 10.0 Å². The number of nitrogens with zero attached hydrogens (tertiary/aromatic N) is 1. The minimum Gasteiger partial charge on any atom is -0.211 e. The van der Waals surface area contributed by atoms with Crippen LogP contribution in [0.15, 0.2) is 29.2 Å². The number of nitriles is 1. The molecule has 0 saturated carbocycles. The van der Waals surface area contributed by atoms with Crippen molar-refractivity contribution in [1.29, 1.82) is 5.26 Å². The smallest absolute Gasteiger partial charge is 0.211 e. The van der Waals surface area contributed by atoms with Crippen molar-refractivity contribution in [2.45, 2.75) is 11.8 Å². The third-order valence-corrected chi connectivity index (χ3v) is 3.19. The first-order chi connectivity index (χ1) is 6.60. The molecule has 1 aromatic rings. The zero-order chi connectivity index (χ0) is 10.6. The minimum atomic E-state index is -3.39. The van der Waals surface area contributed by atoms with Gasteiger partial charge in [-0.1, -0.05) is 6.92 Å². The lowest BCUT2D eigenvalue weighted by Crippen LogP contribution is -2.22. The Morgan fingerprint density at radius 3 is 2.36 bits per heavy atom. The van der Waals surface area contributed by atoms with E-state index in [1.807, 2.05) is 6.07 Å². The third kappa shape index (κ3) is 2.31. The Balaban J connectivity index is 3.05. The fourth-order valence-corrected chi connectivity index (χ4v) is 2.02. The molecule has 1 N–H and O–H groups in total. The number of benzene rings is 1. The van der Waals surface area contributed by atoms with Gasteiger partial charge in [0.05, 0.1) is 16.5 Å². The number of rotatable bonds is 3. The summed E-state index contributed by atoms with van der Waals surface area (Å²) in [5.41, 5.74) is 0.445. The molecule has 4 nitrogen and oxygen atoms in total. The number of nitrogens with one attached hydrogen (secondary N) is 1. The van der Waals surface area contributed by atoms with Crippen molar-refractivity contribution in [2.24, 2.45) is 0 Å². The molecule has 1 rings (SSSR count). The van der Waals surface area contributed by atoms with Gasteiger partial charge in [-0.15, -0.1) is 0 Å². The van der Waals surface area contributed by atoms with Gasteiger partial charge in [0.15, 0.2) is 0 Å². The molecule has 0 amide bonds. The maximum atomic E-state index is 11.4. The van der Waals surface area contributed by atoms with Crippen LogP contribution in [-0.2, 0) is 10.0 Å². The summed E-state index contributed by atoms with van der Waals surface area (Å²) < 4.78 is 25.2. The maximum Gasteiger partial charge on any atom is 0.240 e. The molecule has 0 aliphatic heterocycles. The highest BCUT2D eigenvalue weighted by atomic mass is 32.2.